The average Bonchev–Trinajstić information content (AvgIpc) is 3.32. The van der Waals surface area contributed by atoms with E-state index in [0.717, 1.165) is 17.7 Å². The number of aliphatic hydroxyl groups excluding tert-OH is 1. The highest BCUT2D eigenvalue weighted by Gasteiger charge is 2.32. The quantitative estimate of drug-likeness (QED) is 0.238. The molecule has 3 aromatic rings. The summed E-state index contributed by atoms with van der Waals surface area (Å²) in [6.45, 7) is 4.68. The van der Waals surface area contributed by atoms with Gasteiger partial charge in [-0.2, -0.15) is 13.2 Å². The summed E-state index contributed by atoms with van der Waals surface area (Å²) in [5.41, 5.74) is 2.54. The summed E-state index contributed by atoms with van der Waals surface area (Å²) < 4.78 is 66.1. The van der Waals surface area contributed by atoms with Crippen molar-refractivity contribution in [1.82, 2.24) is 10.6 Å². The smallest absolute Gasteiger partial charge is 0.390 e. The molecule has 12 heteroatoms. The molecule has 1 heterocycles. The first-order chi connectivity index (χ1) is 20.4. The van der Waals surface area contributed by atoms with Gasteiger partial charge >= 0.3 is 6.18 Å². The molecule has 3 aromatic carbocycles. The van der Waals surface area contributed by atoms with Gasteiger partial charge in [0.05, 0.1) is 29.1 Å². The van der Waals surface area contributed by atoms with Crippen LogP contribution >= 0.6 is 0 Å². The Morgan fingerprint density at radius 3 is 2.42 bits per heavy atom. The minimum absolute atomic E-state index is 0.00182. The van der Waals surface area contributed by atoms with Crippen molar-refractivity contribution in [1.29, 1.82) is 0 Å². The van der Waals surface area contributed by atoms with Gasteiger partial charge in [-0.1, -0.05) is 48.5 Å². The predicted octanol–water partition coefficient (Wildman–Crippen LogP) is 4.48. The van der Waals surface area contributed by atoms with Crippen LogP contribution in [0.5, 0.6) is 0 Å². The Morgan fingerprint density at radius 2 is 1.77 bits per heavy atom. The first kappa shape index (κ1) is 32.3. The second-order valence-electron chi connectivity index (χ2n) is 10.6. The summed E-state index contributed by atoms with van der Waals surface area (Å²) in [7, 11) is -3.49. The number of halogens is 3. The van der Waals surface area contributed by atoms with Crippen molar-refractivity contribution in [2.24, 2.45) is 0 Å². The molecule has 1 amide bonds. The Kier molecular flexibility index (Phi) is 10.4. The lowest BCUT2D eigenvalue weighted by Crippen LogP contribution is -2.48. The zero-order valence-electron chi connectivity index (χ0n) is 24.1. The van der Waals surface area contributed by atoms with Gasteiger partial charge in [0.15, 0.2) is 0 Å². The fraction of sp³-hybridized carbons (Fsp3) is 0.387. The zero-order chi connectivity index (χ0) is 31.2. The minimum atomic E-state index is -4.46. The number of rotatable bonds is 12. The molecular formula is C31H37F3N4O4S. The summed E-state index contributed by atoms with van der Waals surface area (Å²) in [6, 6.07) is 16.7. The van der Waals surface area contributed by atoms with Crippen LogP contribution in [0.3, 0.4) is 0 Å². The topological polar surface area (TPSA) is 111 Å². The third-order valence-corrected chi connectivity index (χ3v) is 9.25. The van der Waals surface area contributed by atoms with Crippen LogP contribution in [0.15, 0.2) is 66.7 Å². The summed E-state index contributed by atoms with van der Waals surface area (Å²) in [5.74, 6) is -0.451. The van der Waals surface area contributed by atoms with E-state index in [0.29, 0.717) is 42.0 Å². The van der Waals surface area contributed by atoms with Crippen molar-refractivity contribution in [3.8, 4) is 0 Å². The van der Waals surface area contributed by atoms with Gasteiger partial charge in [-0.25, -0.2) is 8.42 Å². The van der Waals surface area contributed by atoms with Gasteiger partial charge in [0.2, 0.25) is 10.0 Å². The predicted molar refractivity (Wildman–Crippen MR) is 162 cm³/mol. The molecule has 0 radical (unpaired) electrons. The van der Waals surface area contributed by atoms with Crippen molar-refractivity contribution in [2.45, 2.75) is 51.6 Å². The molecule has 1 aliphatic rings. The molecule has 4 rings (SSSR count). The first-order valence-corrected chi connectivity index (χ1v) is 15.8. The van der Waals surface area contributed by atoms with E-state index in [-0.39, 0.29) is 30.8 Å². The molecule has 43 heavy (non-hydrogen) atoms. The molecule has 232 valence electrons. The fourth-order valence-electron chi connectivity index (χ4n) is 5.14. The van der Waals surface area contributed by atoms with Crippen LogP contribution in [-0.2, 0) is 29.2 Å². The number of benzene rings is 3. The van der Waals surface area contributed by atoms with E-state index in [1.165, 1.54) is 10.4 Å². The molecule has 1 saturated heterocycles. The number of anilines is 2. The molecule has 0 saturated carbocycles. The standard InChI is InChI=1S/C31H37F3N4O4S/c1-3-36-26-17-24(18-28(21(26)2)38-13-8-14-43(38,41)42)30(40)37-27(16-22-9-5-4-6-10-22)29(39)20-35-19-23-11-7-12-25(15-23)31(32,33)34/h4-7,9-12,15,17-18,27,29,35-36,39H,3,8,13-14,16,19-20H2,1-2H3,(H,37,40)/t27-,29+/m0/s1. The number of sulfonamides is 1. The molecule has 0 aromatic heterocycles. The van der Waals surface area contributed by atoms with E-state index in [2.05, 4.69) is 16.0 Å². The Labute approximate surface area is 250 Å². The molecule has 0 unspecified atom stereocenters. The van der Waals surface area contributed by atoms with E-state index in [1.807, 2.05) is 37.3 Å². The van der Waals surface area contributed by atoms with Gasteiger partial charge in [0.1, 0.15) is 0 Å². The SMILES string of the molecule is CCNc1cc(C(=O)N[C@@H](Cc2ccccc2)[C@H](O)CNCc2cccc(C(F)(F)F)c2)cc(N2CCCS2(=O)=O)c1C. The maximum absolute atomic E-state index is 13.6. The molecule has 1 fully saturated rings. The highest BCUT2D eigenvalue weighted by Crippen LogP contribution is 2.33. The summed E-state index contributed by atoms with van der Waals surface area (Å²) in [6.07, 6.45) is -4.76. The minimum Gasteiger partial charge on any atom is -0.390 e. The Hall–Kier alpha value is -3.61. The second-order valence-corrected chi connectivity index (χ2v) is 12.6. The third-order valence-electron chi connectivity index (χ3n) is 7.39. The number of carbonyl (C=O) groups excluding carboxylic acids is 1. The fourth-order valence-corrected chi connectivity index (χ4v) is 6.75. The lowest BCUT2D eigenvalue weighted by Gasteiger charge is -2.26. The lowest BCUT2D eigenvalue weighted by atomic mass is 9.99. The monoisotopic (exact) mass is 618 g/mol. The molecule has 8 nitrogen and oxygen atoms in total. The van der Waals surface area contributed by atoms with Gasteiger partial charge in [-0.05, 0) is 61.6 Å². The molecule has 0 aliphatic carbocycles. The number of nitrogens with zero attached hydrogens (tertiary/aromatic N) is 1. The van der Waals surface area contributed by atoms with Gasteiger partial charge in [-0.3, -0.25) is 9.10 Å². The molecular weight excluding hydrogens is 581 g/mol. The van der Waals surface area contributed by atoms with Gasteiger partial charge in [0.25, 0.3) is 5.91 Å². The number of alkyl halides is 3. The average molecular weight is 619 g/mol. The number of hydrogen-bond acceptors (Lipinski definition) is 6. The van der Waals surface area contributed by atoms with Crippen LogP contribution in [0.4, 0.5) is 24.5 Å². The van der Waals surface area contributed by atoms with Crippen molar-refractivity contribution in [3.05, 3.63) is 94.5 Å². The molecule has 1 aliphatic heterocycles. The number of hydrogen-bond donors (Lipinski definition) is 4. The maximum Gasteiger partial charge on any atom is 0.416 e. The van der Waals surface area contributed by atoms with E-state index in [9.17, 15) is 31.5 Å². The molecule has 4 N–H and O–H groups in total. The lowest BCUT2D eigenvalue weighted by molar-refractivity contribution is -0.137. The van der Waals surface area contributed by atoms with Crippen molar-refractivity contribution >= 4 is 27.3 Å². The van der Waals surface area contributed by atoms with Crippen LogP contribution in [0.1, 0.15) is 46.0 Å². The van der Waals surface area contributed by atoms with E-state index < -0.39 is 39.8 Å². The Balaban J connectivity index is 1.54. The van der Waals surface area contributed by atoms with Crippen molar-refractivity contribution < 1.29 is 31.5 Å². The highest BCUT2D eigenvalue weighted by atomic mass is 32.2. The number of aliphatic hydroxyl groups is 1. The number of carbonyl (C=O) groups is 1. The molecule has 0 bridgehead atoms. The van der Waals surface area contributed by atoms with Gasteiger partial charge in [0, 0.05) is 37.4 Å². The van der Waals surface area contributed by atoms with E-state index in [4.69, 9.17) is 0 Å². The highest BCUT2D eigenvalue weighted by molar-refractivity contribution is 7.93. The van der Waals surface area contributed by atoms with Crippen LogP contribution in [0.25, 0.3) is 0 Å². The van der Waals surface area contributed by atoms with Gasteiger partial charge in [-0.15, -0.1) is 0 Å². The Morgan fingerprint density at radius 1 is 1.05 bits per heavy atom. The Bertz CT molecular complexity index is 1520. The molecule has 2 atom stereocenters. The summed E-state index contributed by atoms with van der Waals surface area (Å²) in [4.78, 5) is 13.6. The number of amides is 1. The summed E-state index contributed by atoms with van der Waals surface area (Å²) >= 11 is 0. The largest absolute Gasteiger partial charge is 0.416 e. The van der Waals surface area contributed by atoms with Crippen LogP contribution < -0.4 is 20.3 Å². The van der Waals surface area contributed by atoms with Gasteiger partial charge < -0.3 is 21.1 Å². The van der Waals surface area contributed by atoms with E-state index >= 15 is 0 Å². The summed E-state index contributed by atoms with van der Waals surface area (Å²) in [5, 5.41) is 20.3. The van der Waals surface area contributed by atoms with Crippen LogP contribution in [0.2, 0.25) is 0 Å². The first-order valence-electron chi connectivity index (χ1n) is 14.2. The zero-order valence-corrected chi connectivity index (χ0v) is 24.9. The van der Waals surface area contributed by atoms with E-state index in [1.54, 1.807) is 25.1 Å². The maximum atomic E-state index is 13.6. The normalized spacial score (nSPS) is 16.1. The third kappa shape index (κ3) is 8.27. The van der Waals surface area contributed by atoms with Crippen molar-refractivity contribution in [2.75, 3.05) is 35.0 Å². The second kappa shape index (κ2) is 13.8. The van der Waals surface area contributed by atoms with Crippen molar-refractivity contribution in [3.63, 3.8) is 0 Å². The van der Waals surface area contributed by atoms with Crippen LogP contribution in [0, 0.1) is 6.92 Å². The molecule has 0 spiro atoms. The van der Waals surface area contributed by atoms with Crippen LogP contribution in [-0.4, -0.2) is 57.0 Å². The number of nitrogens with one attached hydrogen (secondary N) is 3.